The van der Waals surface area contributed by atoms with E-state index in [1.807, 2.05) is 0 Å². The lowest BCUT2D eigenvalue weighted by atomic mass is 9.99. The van der Waals surface area contributed by atoms with Crippen LogP contribution in [0, 0.1) is 21.4 Å². The number of aldehydes is 1. The van der Waals surface area contributed by atoms with Gasteiger partial charge in [-0.1, -0.05) is 15.9 Å². The second-order valence-electron chi connectivity index (χ2n) is 2.97. The minimum absolute atomic E-state index is 0.119. The van der Waals surface area contributed by atoms with E-state index in [-0.39, 0.29) is 28.3 Å². The van der Waals surface area contributed by atoms with Gasteiger partial charge in [-0.25, -0.2) is 0 Å². The number of hydrogen-bond acceptors (Lipinski definition) is 5. The molecule has 0 amide bonds. The van der Waals surface area contributed by atoms with Crippen molar-refractivity contribution in [3.8, 4) is 6.07 Å². The zero-order chi connectivity index (χ0) is 13.0. The highest BCUT2D eigenvalue weighted by atomic mass is 79.9. The molecule has 1 rings (SSSR count). The topological polar surface area (TPSA) is 101 Å². The van der Waals surface area contributed by atoms with Crippen molar-refractivity contribution in [2.75, 3.05) is 5.33 Å². The molecule has 0 heterocycles. The number of halogens is 1. The van der Waals surface area contributed by atoms with E-state index >= 15 is 0 Å². The molecule has 0 saturated carbocycles. The van der Waals surface area contributed by atoms with Gasteiger partial charge < -0.3 is 0 Å². The molecule has 7 heteroatoms. The Bertz CT molecular complexity index is 548. The molecule has 17 heavy (non-hydrogen) atoms. The lowest BCUT2D eigenvalue weighted by Crippen LogP contribution is -2.10. The van der Waals surface area contributed by atoms with Crippen molar-refractivity contribution in [2.24, 2.45) is 0 Å². The molecule has 0 N–H and O–H groups in total. The van der Waals surface area contributed by atoms with Crippen LogP contribution >= 0.6 is 15.9 Å². The Morgan fingerprint density at radius 3 is 2.65 bits per heavy atom. The van der Waals surface area contributed by atoms with Gasteiger partial charge in [-0.3, -0.25) is 19.7 Å². The van der Waals surface area contributed by atoms with Gasteiger partial charge >= 0.3 is 0 Å². The zero-order valence-electron chi connectivity index (χ0n) is 8.34. The van der Waals surface area contributed by atoms with Gasteiger partial charge in [-0.15, -0.1) is 0 Å². The van der Waals surface area contributed by atoms with Crippen molar-refractivity contribution in [3.05, 3.63) is 38.9 Å². The molecule has 1 aromatic carbocycles. The standard InChI is InChI=1S/C10H5BrN2O4/c11-3-8(15)9-6(4-12)1-2-7(5-14)10(9)13(16)17/h1-2,5H,3H2. The van der Waals surface area contributed by atoms with Crippen LogP contribution in [0.4, 0.5) is 5.69 Å². The summed E-state index contributed by atoms with van der Waals surface area (Å²) in [6.07, 6.45) is 0.282. The second-order valence-corrected chi connectivity index (χ2v) is 3.53. The minimum Gasteiger partial charge on any atom is -0.298 e. The summed E-state index contributed by atoms with van der Waals surface area (Å²) in [5.74, 6) is -0.614. The summed E-state index contributed by atoms with van der Waals surface area (Å²) in [7, 11) is 0. The molecule has 0 radical (unpaired) electrons. The van der Waals surface area contributed by atoms with Crippen molar-refractivity contribution >= 4 is 33.7 Å². The molecule has 0 fully saturated rings. The van der Waals surface area contributed by atoms with E-state index in [9.17, 15) is 19.7 Å². The second kappa shape index (κ2) is 5.32. The van der Waals surface area contributed by atoms with Crippen molar-refractivity contribution in [1.82, 2.24) is 0 Å². The lowest BCUT2D eigenvalue weighted by Gasteiger charge is -2.04. The van der Waals surface area contributed by atoms with Gasteiger partial charge in [0.25, 0.3) is 5.69 Å². The molecular formula is C10H5BrN2O4. The van der Waals surface area contributed by atoms with Crippen LogP contribution in [0.2, 0.25) is 0 Å². The van der Waals surface area contributed by atoms with E-state index in [1.165, 1.54) is 6.07 Å². The van der Waals surface area contributed by atoms with E-state index in [2.05, 4.69) is 15.9 Å². The highest BCUT2D eigenvalue weighted by Gasteiger charge is 2.27. The SMILES string of the molecule is N#Cc1ccc(C=O)c([N+](=O)[O-])c1C(=O)CBr. The average molecular weight is 297 g/mol. The number of hydrogen-bond donors (Lipinski definition) is 0. The first kappa shape index (κ1) is 13.0. The molecule has 0 bridgehead atoms. The molecule has 0 aliphatic rings. The predicted molar refractivity (Wildman–Crippen MR) is 61.3 cm³/mol. The molecule has 0 atom stereocenters. The van der Waals surface area contributed by atoms with E-state index in [0.29, 0.717) is 0 Å². The maximum atomic E-state index is 11.6. The number of alkyl halides is 1. The summed E-state index contributed by atoms with van der Waals surface area (Å²) in [6.45, 7) is 0. The Morgan fingerprint density at radius 2 is 2.24 bits per heavy atom. The summed E-state index contributed by atoms with van der Waals surface area (Å²) in [5, 5.41) is 19.5. The first-order chi connectivity index (χ1) is 8.06. The Balaban J connectivity index is 3.71. The number of nitro benzene ring substituents is 1. The van der Waals surface area contributed by atoms with Crippen LogP contribution in [0.25, 0.3) is 0 Å². The number of benzene rings is 1. The maximum Gasteiger partial charge on any atom is 0.292 e. The average Bonchev–Trinajstić information content (AvgIpc) is 2.35. The molecule has 0 unspecified atom stereocenters. The molecule has 6 nitrogen and oxygen atoms in total. The molecule has 0 aliphatic heterocycles. The highest BCUT2D eigenvalue weighted by molar-refractivity contribution is 9.09. The fourth-order valence-corrected chi connectivity index (χ4v) is 1.62. The van der Waals surface area contributed by atoms with Gasteiger partial charge in [-0.2, -0.15) is 5.26 Å². The third kappa shape index (κ3) is 2.37. The van der Waals surface area contributed by atoms with Gasteiger partial charge in [0.2, 0.25) is 0 Å². The van der Waals surface area contributed by atoms with Crippen LogP contribution in [0.1, 0.15) is 26.3 Å². The molecule has 0 aliphatic carbocycles. The number of rotatable bonds is 4. The number of nitrogens with zero attached hydrogens (tertiary/aromatic N) is 2. The third-order valence-electron chi connectivity index (χ3n) is 2.04. The maximum absolute atomic E-state index is 11.6. The van der Waals surface area contributed by atoms with E-state index in [1.54, 1.807) is 6.07 Å². The monoisotopic (exact) mass is 296 g/mol. The highest BCUT2D eigenvalue weighted by Crippen LogP contribution is 2.26. The van der Waals surface area contributed by atoms with Gasteiger partial charge in [0.1, 0.15) is 11.6 Å². The summed E-state index contributed by atoms with van der Waals surface area (Å²) in [4.78, 5) is 32.3. The van der Waals surface area contributed by atoms with Gasteiger partial charge in [0.15, 0.2) is 12.1 Å². The summed E-state index contributed by atoms with van der Waals surface area (Å²) >= 11 is 2.87. The Hall–Kier alpha value is -2.07. The van der Waals surface area contributed by atoms with Crippen molar-refractivity contribution in [2.45, 2.75) is 0 Å². The molecule has 86 valence electrons. The first-order valence-corrected chi connectivity index (χ1v) is 5.44. The Morgan fingerprint density at radius 1 is 1.59 bits per heavy atom. The van der Waals surface area contributed by atoms with Crippen LogP contribution in [0.5, 0.6) is 0 Å². The third-order valence-corrected chi connectivity index (χ3v) is 2.55. The number of ketones is 1. The Labute approximate surface area is 104 Å². The summed E-state index contributed by atoms with van der Waals surface area (Å²) in [5.41, 5.74) is -1.30. The summed E-state index contributed by atoms with van der Waals surface area (Å²) < 4.78 is 0. The van der Waals surface area contributed by atoms with E-state index < -0.39 is 16.4 Å². The fraction of sp³-hybridized carbons (Fsp3) is 0.100. The number of carbonyl (C=O) groups is 2. The van der Waals surface area contributed by atoms with Gasteiger partial charge in [-0.05, 0) is 12.1 Å². The Kier molecular flexibility index (Phi) is 4.06. The quantitative estimate of drug-likeness (QED) is 0.277. The smallest absolute Gasteiger partial charge is 0.292 e. The molecule has 1 aromatic rings. The predicted octanol–water partition coefficient (Wildman–Crippen LogP) is 1.86. The number of nitriles is 1. The molecule has 0 aromatic heterocycles. The zero-order valence-corrected chi connectivity index (χ0v) is 9.93. The van der Waals surface area contributed by atoms with Crippen LogP contribution in [0.15, 0.2) is 12.1 Å². The van der Waals surface area contributed by atoms with Crippen LogP contribution in [0.3, 0.4) is 0 Å². The van der Waals surface area contributed by atoms with Crippen molar-refractivity contribution < 1.29 is 14.5 Å². The van der Waals surface area contributed by atoms with E-state index in [4.69, 9.17) is 5.26 Å². The molecule has 0 saturated heterocycles. The van der Waals surface area contributed by atoms with Crippen LogP contribution < -0.4 is 0 Å². The molecule has 0 spiro atoms. The lowest BCUT2D eigenvalue weighted by molar-refractivity contribution is -0.385. The number of carbonyl (C=O) groups excluding carboxylic acids is 2. The fourth-order valence-electron chi connectivity index (χ4n) is 1.34. The summed E-state index contributed by atoms with van der Waals surface area (Å²) in [6, 6.07) is 4.06. The van der Waals surface area contributed by atoms with Gasteiger partial charge in [0, 0.05) is 0 Å². The van der Waals surface area contributed by atoms with Crippen molar-refractivity contribution in [1.29, 1.82) is 5.26 Å². The largest absolute Gasteiger partial charge is 0.298 e. The van der Waals surface area contributed by atoms with Crippen LogP contribution in [-0.2, 0) is 0 Å². The number of nitro groups is 1. The first-order valence-electron chi connectivity index (χ1n) is 4.32. The van der Waals surface area contributed by atoms with Gasteiger partial charge in [0.05, 0.1) is 21.4 Å². The van der Waals surface area contributed by atoms with Crippen molar-refractivity contribution in [3.63, 3.8) is 0 Å². The van der Waals surface area contributed by atoms with E-state index in [0.717, 1.165) is 6.07 Å². The normalized spacial score (nSPS) is 9.41. The number of Topliss-reactive ketones (excluding diaryl/α,β-unsaturated/α-hetero) is 1. The minimum atomic E-state index is -0.833. The molecular weight excluding hydrogens is 292 g/mol. The van der Waals surface area contributed by atoms with Crippen LogP contribution in [-0.4, -0.2) is 22.3 Å².